The Morgan fingerprint density at radius 1 is 1.60 bits per heavy atom. The average Bonchev–Trinajstić information content (AvgIpc) is 1.30. The van der Waals surface area contributed by atoms with Crippen molar-refractivity contribution >= 4 is 31.2 Å². The Kier molecular flexibility index (Phi) is 1.51. The summed E-state index contributed by atoms with van der Waals surface area (Å²) < 4.78 is 1.05. The van der Waals surface area contributed by atoms with Crippen LogP contribution in [0.25, 0.3) is 0 Å². The van der Waals surface area contributed by atoms with Crippen LogP contribution in [-0.4, -0.2) is 16.2 Å². The van der Waals surface area contributed by atoms with E-state index in [2.05, 4.69) is 22.6 Å². The zero-order valence-corrected chi connectivity index (χ0v) is 6.03. The average molecular weight is 200 g/mol. The monoisotopic (exact) mass is 200 g/mol. The Morgan fingerprint density at radius 2 is 2.00 bits per heavy atom. The van der Waals surface area contributed by atoms with E-state index in [0.29, 0.717) is 0 Å². The van der Waals surface area contributed by atoms with Crippen molar-refractivity contribution in [2.75, 3.05) is 12.3 Å². The number of alkyl halides is 1. The molecule has 1 fully saturated rings. The SMILES string of the molecule is IC1CPC1. The molecule has 0 aromatic carbocycles. The molecular formula is C3H6IP. The van der Waals surface area contributed by atoms with E-state index in [1.54, 1.807) is 0 Å². The third-order valence-corrected chi connectivity index (χ3v) is 4.84. The lowest BCUT2D eigenvalue weighted by Gasteiger charge is -2.17. The standard InChI is InChI=1S/C3H6IP/c4-3-1-5-2-3/h3,5H,1-2H2. The third kappa shape index (κ3) is 1.01. The van der Waals surface area contributed by atoms with E-state index in [0.717, 1.165) is 3.92 Å². The summed E-state index contributed by atoms with van der Waals surface area (Å²) in [6.45, 7) is 0. The van der Waals surface area contributed by atoms with E-state index in [1.165, 1.54) is 20.9 Å². The summed E-state index contributed by atoms with van der Waals surface area (Å²) in [4.78, 5) is 0. The van der Waals surface area contributed by atoms with Gasteiger partial charge in [-0.25, -0.2) is 0 Å². The Labute approximate surface area is 47.6 Å². The zero-order valence-electron chi connectivity index (χ0n) is 2.87. The molecule has 5 heavy (non-hydrogen) atoms. The minimum atomic E-state index is 1.05. The maximum absolute atomic E-state index is 2.50. The van der Waals surface area contributed by atoms with Crippen LogP contribution in [0.3, 0.4) is 0 Å². The fraction of sp³-hybridized carbons (Fsp3) is 1.00. The molecule has 2 heteroatoms. The molecule has 1 saturated heterocycles. The van der Waals surface area contributed by atoms with Crippen molar-refractivity contribution in [1.29, 1.82) is 0 Å². The first kappa shape index (κ1) is 4.32. The van der Waals surface area contributed by atoms with Gasteiger partial charge < -0.3 is 0 Å². The highest BCUT2D eigenvalue weighted by atomic mass is 127. The first-order valence-electron chi connectivity index (χ1n) is 1.74. The summed E-state index contributed by atoms with van der Waals surface area (Å²) in [6.07, 6.45) is 3.00. The van der Waals surface area contributed by atoms with Crippen molar-refractivity contribution < 1.29 is 0 Å². The fourth-order valence-electron chi connectivity index (χ4n) is 0.253. The number of halogens is 1. The van der Waals surface area contributed by atoms with Crippen molar-refractivity contribution in [2.45, 2.75) is 3.92 Å². The van der Waals surface area contributed by atoms with Gasteiger partial charge in [0.2, 0.25) is 0 Å². The molecule has 1 heterocycles. The minimum absolute atomic E-state index is 1.05. The van der Waals surface area contributed by atoms with E-state index in [9.17, 15) is 0 Å². The van der Waals surface area contributed by atoms with Crippen molar-refractivity contribution in [3.8, 4) is 0 Å². The van der Waals surface area contributed by atoms with Crippen LogP contribution in [0.5, 0.6) is 0 Å². The van der Waals surface area contributed by atoms with Gasteiger partial charge in [-0.15, -0.1) is 8.58 Å². The van der Waals surface area contributed by atoms with Crippen molar-refractivity contribution in [3.05, 3.63) is 0 Å². The van der Waals surface area contributed by atoms with Crippen LogP contribution < -0.4 is 0 Å². The molecule has 1 rings (SSSR count). The van der Waals surface area contributed by atoms with Crippen LogP contribution in [-0.2, 0) is 0 Å². The highest BCUT2D eigenvalue weighted by Gasteiger charge is 2.11. The first-order valence-corrected chi connectivity index (χ1v) is 4.40. The van der Waals surface area contributed by atoms with Crippen LogP contribution in [0.4, 0.5) is 0 Å². The molecule has 0 aromatic heterocycles. The second-order valence-electron chi connectivity index (χ2n) is 1.26. The largest absolute Gasteiger partial charge is 0.120 e. The summed E-state index contributed by atoms with van der Waals surface area (Å²) in [5, 5.41) is 0. The van der Waals surface area contributed by atoms with E-state index in [-0.39, 0.29) is 0 Å². The number of hydrogen-bond donors (Lipinski definition) is 0. The van der Waals surface area contributed by atoms with Crippen LogP contribution in [0.1, 0.15) is 0 Å². The first-order chi connectivity index (χ1) is 2.39. The minimum Gasteiger partial charge on any atom is -0.120 e. The fourth-order valence-corrected chi connectivity index (χ4v) is 2.63. The van der Waals surface area contributed by atoms with Gasteiger partial charge in [-0.2, -0.15) is 0 Å². The summed E-state index contributed by atoms with van der Waals surface area (Å²) in [6, 6.07) is 0. The smallest absolute Gasteiger partial charge is 0.0183 e. The molecule has 0 saturated carbocycles. The normalized spacial score (nSPS) is 41.4. The predicted molar refractivity (Wildman–Crippen MR) is 35.9 cm³/mol. The molecule has 1 aliphatic heterocycles. The van der Waals surface area contributed by atoms with Crippen LogP contribution in [0.15, 0.2) is 0 Å². The van der Waals surface area contributed by atoms with Crippen molar-refractivity contribution in [2.24, 2.45) is 0 Å². The second-order valence-corrected chi connectivity index (χ2v) is 4.33. The number of rotatable bonds is 0. The Bertz CT molecular complexity index is 33.9. The second kappa shape index (κ2) is 1.74. The molecule has 0 bridgehead atoms. The topological polar surface area (TPSA) is 0 Å². The molecule has 0 N–H and O–H groups in total. The number of hydrogen-bond acceptors (Lipinski definition) is 0. The lowest BCUT2D eigenvalue weighted by atomic mass is 10.5. The van der Waals surface area contributed by atoms with Gasteiger partial charge in [0.1, 0.15) is 0 Å². The van der Waals surface area contributed by atoms with Gasteiger partial charge in [-0.1, -0.05) is 22.6 Å². The maximum atomic E-state index is 2.50. The van der Waals surface area contributed by atoms with Crippen LogP contribution >= 0.6 is 31.2 Å². The Hall–Kier alpha value is 1.16. The molecule has 1 aliphatic rings. The molecule has 30 valence electrons. The summed E-state index contributed by atoms with van der Waals surface area (Å²) in [7, 11) is 1.29. The quantitative estimate of drug-likeness (QED) is 0.315. The van der Waals surface area contributed by atoms with Gasteiger partial charge in [-0.05, 0) is 12.3 Å². The molecule has 0 nitrogen and oxygen atoms in total. The molecular weight excluding hydrogens is 194 g/mol. The highest BCUT2D eigenvalue weighted by molar-refractivity contribution is 14.1. The Morgan fingerprint density at radius 3 is 2.00 bits per heavy atom. The van der Waals surface area contributed by atoms with Crippen molar-refractivity contribution in [3.63, 3.8) is 0 Å². The highest BCUT2D eigenvalue weighted by Crippen LogP contribution is 2.30. The van der Waals surface area contributed by atoms with Gasteiger partial charge >= 0.3 is 0 Å². The lowest BCUT2D eigenvalue weighted by molar-refractivity contribution is 1.11. The van der Waals surface area contributed by atoms with E-state index in [4.69, 9.17) is 0 Å². The lowest BCUT2D eigenvalue weighted by Crippen LogP contribution is -2.13. The van der Waals surface area contributed by atoms with Gasteiger partial charge in [-0.3, -0.25) is 0 Å². The van der Waals surface area contributed by atoms with Gasteiger partial charge in [0.15, 0.2) is 0 Å². The molecule has 0 amide bonds. The molecule has 0 radical (unpaired) electrons. The molecule has 0 spiro atoms. The van der Waals surface area contributed by atoms with Gasteiger partial charge in [0.25, 0.3) is 0 Å². The van der Waals surface area contributed by atoms with E-state index in [1.807, 2.05) is 0 Å². The molecule has 0 aliphatic carbocycles. The summed E-state index contributed by atoms with van der Waals surface area (Å²) >= 11 is 2.50. The van der Waals surface area contributed by atoms with Gasteiger partial charge in [0, 0.05) is 3.92 Å². The third-order valence-electron chi connectivity index (χ3n) is 0.732. The Balaban J connectivity index is 2.08. The summed E-state index contributed by atoms with van der Waals surface area (Å²) in [5.74, 6) is 0. The maximum Gasteiger partial charge on any atom is 0.0183 e. The van der Waals surface area contributed by atoms with Crippen LogP contribution in [0, 0.1) is 0 Å². The van der Waals surface area contributed by atoms with E-state index >= 15 is 0 Å². The molecule has 0 unspecified atom stereocenters. The summed E-state index contributed by atoms with van der Waals surface area (Å²) in [5.41, 5.74) is 0. The van der Waals surface area contributed by atoms with Crippen LogP contribution in [0.2, 0.25) is 0 Å². The zero-order chi connectivity index (χ0) is 3.70. The van der Waals surface area contributed by atoms with Gasteiger partial charge in [0.05, 0.1) is 0 Å². The predicted octanol–water partition coefficient (Wildman–Crippen LogP) is 1.48. The molecule has 0 atom stereocenters. The molecule has 0 aromatic rings. The van der Waals surface area contributed by atoms with Crippen molar-refractivity contribution in [1.82, 2.24) is 0 Å². The van der Waals surface area contributed by atoms with E-state index < -0.39 is 0 Å².